The molecule has 1 aliphatic heterocycles. The van der Waals surface area contributed by atoms with Crippen molar-refractivity contribution in [2.75, 3.05) is 26.7 Å². The van der Waals surface area contributed by atoms with Crippen LogP contribution >= 0.6 is 0 Å². The Hall–Kier alpha value is -2.21. The minimum absolute atomic E-state index is 0.181. The third kappa shape index (κ3) is 4.64. The number of hydrogen-bond acceptors (Lipinski definition) is 4. The Labute approximate surface area is 143 Å². The number of amides is 1. The van der Waals surface area contributed by atoms with Crippen LogP contribution in [0.15, 0.2) is 43.0 Å². The summed E-state index contributed by atoms with van der Waals surface area (Å²) >= 11 is 0. The van der Waals surface area contributed by atoms with Gasteiger partial charge in [0.2, 0.25) is 5.91 Å². The molecule has 1 saturated heterocycles. The molecule has 1 aliphatic rings. The Kier molecular flexibility index (Phi) is 5.59. The van der Waals surface area contributed by atoms with E-state index in [9.17, 15) is 4.79 Å². The largest absolute Gasteiger partial charge is 0.340 e. The molecule has 24 heavy (non-hydrogen) atoms. The summed E-state index contributed by atoms with van der Waals surface area (Å²) in [6, 6.07) is 10.1. The topological polar surface area (TPSA) is 54.3 Å². The van der Waals surface area contributed by atoms with Crippen LogP contribution in [0.1, 0.15) is 18.4 Å². The van der Waals surface area contributed by atoms with Gasteiger partial charge in [0.25, 0.3) is 0 Å². The lowest BCUT2D eigenvalue weighted by atomic mass is 9.98. The molecule has 3 rings (SSSR count). The van der Waals surface area contributed by atoms with Gasteiger partial charge in [-0.3, -0.25) is 14.4 Å². The first-order valence-electron chi connectivity index (χ1n) is 8.53. The highest BCUT2D eigenvalue weighted by molar-refractivity contribution is 5.78. The lowest BCUT2D eigenvalue weighted by molar-refractivity contribution is -0.132. The summed E-state index contributed by atoms with van der Waals surface area (Å²) in [6.07, 6.45) is 5.65. The van der Waals surface area contributed by atoms with Crippen LogP contribution < -0.4 is 0 Å². The summed E-state index contributed by atoms with van der Waals surface area (Å²) < 4.78 is 1.89. The Morgan fingerprint density at radius 1 is 1.33 bits per heavy atom. The highest BCUT2D eigenvalue weighted by Gasteiger charge is 2.23. The highest BCUT2D eigenvalue weighted by atomic mass is 16.2. The molecule has 1 amide bonds. The van der Waals surface area contributed by atoms with Gasteiger partial charge in [-0.25, -0.2) is 4.98 Å². The molecule has 1 aromatic heterocycles. The van der Waals surface area contributed by atoms with Crippen molar-refractivity contribution < 1.29 is 4.79 Å². The van der Waals surface area contributed by atoms with E-state index in [1.807, 2.05) is 34.8 Å². The van der Waals surface area contributed by atoms with Crippen LogP contribution in [0.3, 0.4) is 0 Å². The second kappa shape index (κ2) is 8.06. The smallest absolute Gasteiger partial charge is 0.236 e. The maximum absolute atomic E-state index is 12.5. The number of likely N-dealkylation sites (tertiary alicyclic amines) is 1. The zero-order chi connectivity index (χ0) is 16.8. The summed E-state index contributed by atoms with van der Waals surface area (Å²) in [5.74, 6) is 0.716. The minimum Gasteiger partial charge on any atom is -0.340 e. The summed E-state index contributed by atoms with van der Waals surface area (Å²) in [5.41, 5.74) is 1.16. The van der Waals surface area contributed by atoms with Crippen molar-refractivity contribution in [1.82, 2.24) is 24.6 Å². The van der Waals surface area contributed by atoms with Gasteiger partial charge in [-0.15, -0.1) is 0 Å². The van der Waals surface area contributed by atoms with Crippen molar-refractivity contribution in [1.29, 1.82) is 0 Å². The van der Waals surface area contributed by atoms with E-state index < -0.39 is 0 Å². The van der Waals surface area contributed by atoms with Gasteiger partial charge in [-0.2, -0.15) is 5.10 Å². The van der Waals surface area contributed by atoms with E-state index in [0.29, 0.717) is 19.0 Å². The summed E-state index contributed by atoms with van der Waals surface area (Å²) in [6.45, 7) is 3.99. The van der Waals surface area contributed by atoms with Crippen LogP contribution in [0.5, 0.6) is 0 Å². The number of nitrogens with zero attached hydrogens (tertiary/aromatic N) is 5. The van der Waals surface area contributed by atoms with Gasteiger partial charge >= 0.3 is 0 Å². The van der Waals surface area contributed by atoms with E-state index in [1.54, 1.807) is 12.7 Å². The van der Waals surface area contributed by atoms with Crippen LogP contribution in [-0.4, -0.2) is 57.2 Å². The molecule has 1 atom stereocenters. The van der Waals surface area contributed by atoms with E-state index in [0.717, 1.165) is 31.6 Å². The Balaban J connectivity index is 1.48. The minimum atomic E-state index is 0.181. The van der Waals surface area contributed by atoms with Gasteiger partial charge in [-0.1, -0.05) is 30.3 Å². The molecule has 2 aromatic rings. The summed E-state index contributed by atoms with van der Waals surface area (Å²) in [5, 5.41) is 4.18. The number of benzene rings is 1. The van der Waals surface area contributed by atoms with Gasteiger partial charge in [0.15, 0.2) is 0 Å². The van der Waals surface area contributed by atoms with Crippen LogP contribution in [0, 0.1) is 5.92 Å². The average Bonchev–Trinajstić information content (AvgIpc) is 3.09. The SMILES string of the molecule is CN(Cc1ccccc1)C(=O)CN1CCC[C@@H](Cn2cncn2)C1. The fraction of sp³-hybridized carbons (Fsp3) is 0.500. The maximum Gasteiger partial charge on any atom is 0.236 e. The van der Waals surface area contributed by atoms with Crippen LogP contribution in [0.4, 0.5) is 0 Å². The molecule has 0 saturated carbocycles. The lowest BCUT2D eigenvalue weighted by Gasteiger charge is -2.33. The second-order valence-corrected chi connectivity index (χ2v) is 6.60. The van der Waals surface area contributed by atoms with Gasteiger partial charge in [0, 0.05) is 26.7 Å². The van der Waals surface area contributed by atoms with Crippen molar-refractivity contribution >= 4 is 5.91 Å². The molecular formula is C18H25N5O. The van der Waals surface area contributed by atoms with Crippen LogP contribution in [0.25, 0.3) is 0 Å². The third-order valence-corrected chi connectivity index (χ3v) is 4.56. The molecule has 0 aliphatic carbocycles. The van der Waals surface area contributed by atoms with Crippen molar-refractivity contribution in [3.05, 3.63) is 48.5 Å². The standard InChI is InChI=1S/C18H25N5O/c1-21(10-16-6-3-2-4-7-16)18(24)13-22-9-5-8-17(11-22)12-23-15-19-14-20-23/h2-4,6-7,14-15,17H,5,8-13H2,1H3/t17-/m1/s1. The maximum atomic E-state index is 12.5. The number of rotatable bonds is 6. The number of aromatic nitrogens is 3. The predicted octanol–water partition coefficient (Wildman–Crippen LogP) is 1.65. The summed E-state index contributed by atoms with van der Waals surface area (Å²) in [7, 11) is 1.88. The van der Waals surface area contributed by atoms with Crippen molar-refractivity contribution in [3.63, 3.8) is 0 Å². The zero-order valence-electron chi connectivity index (χ0n) is 14.2. The van der Waals surface area contributed by atoms with Crippen LogP contribution in [-0.2, 0) is 17.9 Å². The van der Waals surface area contributed by atoms with E-state index in [1.165, 1.54) is 6.42 Å². The van der Waals surface area contributed by atoms with Gasteiger partial charge < -0.3 is 4.90 Å². The molecule has 6 nitrogen and oxygen atoms in total. The van der Waals surface area contributed by atoms with E-state index in [-0.39, 0.29) is 5.91 Å². The van der Waals surface area contributed by atoms with Crippen molar-refractivity contribution in [3.8, 4) is 0 Å². The number of carbonyl (C=O) groups is 1. The van der Waals surface area contributed by atoms with Crippen molar-refractivity contribution in [2.24, 2.45) is 5.92 Å². The predicted molar refractivity (Wildman–Crippen MR) is 92.1 cm³/mol. The van der Waals surface area contributed by atoms with Gasteiger partial charge in [0.05, 0.1) is 6.54 Å². The number of carbonyl (C=O) groups excluding carboxylic acids is 1. The molecule has 0 N–H and O–H groups in total. The van der Waals surface area contributed by atoms with E-state index in [2.05, 4.69) is 27.1 Å². The second-order valence-electron chi connectivity index (χ2n) is 6.60. The monoisotopic (exact) mass is 327 g/mol. The third-order valence-electron chi connectivity index (χ3n) is 4.56. The molecule has 128 valence electrons. The first kappa shape index (κ1) is 16.6. The molecular weight excluding hydrogens is 302 g/mol. The quantitative estimate of drug-likeness (QED) is 0.809. The fourth-order valence-corrected chi connectivity index (χ4v) is 3.29. The first-order valence-corrected chi connectivity index (χ1v) is 8.53. The highest BCUT2D eigenvalue weighted by Crippen LogP contribution is 2.18. The van der Waals surface area contributed by atoms with Gasteiger partial charge in [-0.05, 0) is 30.9 Å². The molecule has 1 fully saturated rings. The number of hydrogen-bond donors (Lipinski definition) is 0. The number of piperidine rings is 1. The fourth-order valence-electron chi connectivity index (χ4n) is 3.29. The Morgan fingerprint density at radius 3 is 2.92 bits per heavy atom. The average molecular weight is 327 g/mol. The molecule has 1 aromatic carbocycles. The van der Waals surface area contributed by atoms with E-state index >= 15 is 0 Å². The molecule has 0 bridgehead atoms. The zero-order valence-corrected chi connectivity index (χ0v) is 14.2. The molecule has 2 heterocycles. The normalized spacial score (nSPS) is 18.5. The summed E-state index contributed by atoms with van der Waals surface area (Å²) in [4.78, 5) is 20.6. The molecule has 0 radical (unpaired) electrons. The van der Waals surface area contributed by atoms with E-state index in [4.69, 9.17) is 0 Å². The van der Waals surface area contributed by atoms with Crippen LogP contribution in [0.2, 0.25) is 0 Å². The first-order chi connectivity index (χ1) is 11.7. The van der Waals surface area contributed by atoms with Gasteiger partial charge in [0.1, 0.15) is 12.7 Å². The number of likely N-dealkylation sites (N-methyl/N-ethyl adjacent to an activating group) is 1. The Bertz CT molecular complexity index is 628. The Morgan fingerprint density at radius 2 is 2.17 bits per heavy atom. The molecule has 6 heteroatoms. The van der Waals surface area contributed by atoms with Crippen molar-refractivity contribution in [2.45, 2.75) is 25.9 Å². The lowest BCUT2D eigenvalue weighted by Crippen LogP contribution is -2.43. The molecule has 0 spiro atoms. The molecule has 0 unspecified atom stereocenters.